The number of hydrogen-bond acceptors (Lipinski definition) is 5. The quantitative estimate of drug-likeness (QED) is 0.725. The van der Waals surface area contributed by atoms with Crippen LogP contribution in [0, 0.1) is 6.92 Å². The summed E-state index contributed by atoms with van der Waals surface area (Å²) >= 11 is 0. The molecular weight excluding hydrogens is 322 g/mol. The first-order chi connectivity index (χ1) is 12.1. The van der Waals surface area contributed by atoms with Crippen LogP contribution in [0.5, 0.6) is 0 Å². The van der Waals surface area contributed by atoms with E-state index in [1.807, 2.05) is 6.92 Å². The number of nitrogens with zero attached hydrogens (tertiary/aromatic N) is 2. The van der Waals surface area contributed by atoms with Gasteiger partial charge in [-0.15, -0.1) is 0 Å². The zero-order valence-corrected chi connectivity index (χ0v) is 15.3. The number of rotatable bonds is 9. The summed E-state index contributed by atoms with van der Waals surface area (Å²) < 4.78 is 10.5. The monoisotopic (exact) mass is 351 g/mol. The van der Waals surface area contributed by atoms with E-state index in [1.54, 1.807) is 17.9 Å². The van der Waals surface area contributed by atoms with Crippen molar-refractivity contribution in [3.63, 3.8) is 0 Å². The summed E-state index contributed by atoms with van der Waals surface area (Å²) in [5.74, 6) is 0.515. The van der Waals surface area contributed by atoms with Gasteiger partial charge >= 0.3 is 0 Å². The van der Waals surface area contributed by atoms with Crippen molar-refractivity contribution < 1.29 is 18.7 Å². The highest BCUT2D eigenvalue weighted by atomic mass is 16.5. The van der Waals surface area contributed by atoms with Crippen molar-refractivity contribution in [3.8, 4) is 0 Å². The molecule has 0 unspecified atom stereocenters. The molecule has 1 aliphatic rings. The van der Waals surface area contributed by atoms with E-state index in [0.717, 1.165) is 39.3 Å². The molecule has 25 heavy (non-hydrogen) atoms. The van der Waals surface area contributed by atoms with Crippen LogP contribution < -0.4 is 5.32 Å². The molecule has 1 aromatic heterocycles. The average Bonchev–Trinajstić information content (AvgIpc) is 3.05. The van der Waals surface area contributed by atoms with Gasteiger partial charge in [0.1, 0.15) is 5.76 Å². The van der Waals surface area contributed by atoms with Crippen LogP contribution in [0.15, 0.2) is 16.7 Å². The van der Waals surface area contributed by atoms with E-state index in [-0.39, 0.29) is 11.8 Å². The standard InChI is InChI=1S/C18H29N3O4/c1-3-7-21(18(23)16-5-12-25-15(16)2)8-4-17(22)19-6-9-20-10-13-24-14-11-20/h5,12H,3-4,6-11,13-14H2,1-2H3,(H,19,22). The molecule has 1 N–H and O–H groups in total. The molecule has 7 heteroatoms. The van der Waals surface area contributed by atoms with Gasteiger partial charge in [0.2, 0.25) is 5.91 Å². The van der Waals surface area contributed by atoms with E-state index in [2.05, 4.69) is 10.2 Å². The number of amides is 2. The van der Waals surface area contributed by atoms with E-state index >= 15 is 0 Å². The van der Waals surface area contributed by atoms with Crippen molar-refractivity contribution in [1.82, 2.24) is 15.1 Å². The Kier molecular flexibility index (Phi) is 7.94. The molecule has 0 atom stereocenters. The number of aryl methyl sites for hydroxylation is 1. The fourth-order valence-corrected chi connectivity index (χ4v) is 2.87. The molecule has 0 spiro atoms. The normalized spacial score (nSPS) is 15.1. The van der Waals surface area contributed by atoms with Gasteiger partial charge in [0.25, 0.3) is 5.91 Å². The van der Waals surface area contributed by atoms with E-state index in [0.29, 0.717) is 37.4 Å². The van der Waals surface area contributed by atoms with Crippen LogP contribution in [-0.4, -0.2) is 74.1 Å². The Hall–Kier alpha value is -1.86. The van der Waals surface area contributed by atoms with E-state index in [1.165, 1.54) is 6.26 Å². The van der Waals surface area contributed by atoms with Crippen LogP contribution in [0.2, 0.25) is 0 Å². The topological polar surface area (TPSA) is 75.0 Å². The van der Waals surface area contributed by atoms with Crippen LogP contribution in [0.1, 0.15) is 35.9 Å². The lowest BCUT2D eigenvalue weighted by atomic mass is 10.2. The largest absolute Gasteiger partial charge is 0.469 e. The molecule has 0 saturated carbocycles. The third-order valence-electron chi connectivity index (χ3n) is 4.33. The third kappa shape index (κ3) is 6.17. The van der Waals surface area contributed by atoms with Gasteiger partial charge in [0.15, 0.2) is 0 Å². The molecule has 0 bridgehead atoms. The highest BCUT2D eigenvalue weighted by Gasteiger charge is 2.19. The molecule has 2 heterocycles. The number of carbonyl (C=O) groups is 2. The second-order valence-electron chi connectivity index (χ2n) is 6.24. The predicted molar refractivity (Wildman–Crippen MR) is 94.5 cm³/mol. The van der Waals surface area contributed by atoms with Gasteiger partial charge in [-0.25, -0.2) is 0 Å². The summed E-state index contributed by atoms with van der Waals surface area (Å²) in [5, 5.41) is 2.93. The second kappa shape index (κ2) is 10.2. The van der Waals surface area contributed by atoms with Gasteiger partial charge in [-0.3, -0.25) is 14.5 Å². The molecule has 0 aromatic carbocycles. The Bertz CT molecular complexity index is 552. The fourth-order valence-electron chi connectivity index (χ4n) is 2.87. The summed E-state index contributed by atoms with van der Waals surface area (Å²) in [6.45, 7) is 9.65. The maximum Gasteiger partial charge on any atom is 0.257 e. The summed E-state index contributed by atoms with van der Waals surface area (Å²) in [6, 6.07) is 1.68. The number of ether oxygens (including phenoxy) is 1. The third-order valence-corrected chi connectivity index (χ3v) is 4.33. The van der Waals surface area contributed by atoms with Gasteiger partial charge < -0.3 is 19.4 Å². The summed E-state index contributed by atoms with van der Waals surface area (Å²) in [5.41, 5.74) is 0.571. The van der Waals surface area contributed by atoms with Crippen LogP contribution in [0.25, 0.3) is 0 Å². The summed E-state index contributed by atoms with van der Waals surface area (Å²) in [4.78, 5) is 28.6. The van der Waals surface area contributed by atoms with Crippen LogP contribution in [0.3, 0.4) is 0 Å². The molecular formula is C18H29N3O4. The molecule has 1 aromatic rings. The first kappa shape index (κ1) is 19.5. The van der Waals surface area contributed by atoms with Crippen LogP contribution in [0.4, 0.5) is 0 Å². The van der Waals surface area contributed by atoms with Crippen molar-refractivity contribution >= 4 is 11.8 Å². The predicted octanol–water partition coefficient (Wildman–Crippen LogP) is 1.28. The van der Waals surface area contributed by atoms with Gasteiger partial charge in [-0.1, -0.05) is 6.92 Å². The lowest BCUT2D eigenvalue weighted by molar-refractivity contribution is -0.121. The highest BCUT2D eigenvalue weighted by molar-refractivity contribution is 5.95. The zero-order valence-electron chi connectivity index (χ0n) is 15.3. The van der Waals surface area contributed by atoms with E-state index in [9.17, 15) is 9.59 Å². The van der Waals surface area contributed by atoms with Gasteiger partial charge in [-0.2, -0.15) is 0 Å². The first-order valence-corrected chi connectivity index (χ1v) is 9.02. The Balaban J connectivity index is 1.73. The van der Waals surface area contributed by atoms with Crippen molar-refractivity contribution in [2.45, 2.75) is 26.7 Å². The SMILES string of the molecule is CCCN(CCC(=O)NCCN1CCOCC1)C(=O)c1ccoc1C. The number of nitrogens with one attached hydrogen (secondary N) is 1. The number of carbonyl (C=O) groups excluding carboxylic acids is 2. The highest BCUT2D eigenvalue weighted by Crippen LogP contribution is 2.12. The number of morpholine rings is 1. The lowest BCUT2D eigenvalue weighted by Gasteiger charge is -2.26. The molecule has 0 aliphatic carbocycles. The van der Waals surface area contributed by atoms with Crippen molar-refractivity contribution in [2.75, 3.05) is 52.5 Å². The minimum Gasteiger partial charge on any atom is -0.469 e. The molecule has 0 radical (unpaired) electrons. The second-order valence-corrected chi connectivity index (χ2v) is 6.24. The number of hydrogen-bond donors (Lipinski definition) is 1. The minimum atomic E-state index is -0.0748. The van der Waals surface area contributed by atoms with E-state index < -0.39 is 0 Å². The van der Waals surface area contributed by atoms with Crippen molar-refractivity contribution in [2.24, 2.45) is 0 Å². The first-order valence-electron chi connectivity index (χ1n) is 9.02. The smallest absolute Gasteiger partial charge is 0.257 e. The molecule has 2 amide bonds. The van der Waals surface area contributed by atoms with Gasteiger partial charge in [0, 0.05) is 45.7 Å². The Morgan fingerprint density at radius 2 is 2.04 bits per heavy atom. The fraction of sp³-hybridized carbons (Fsp3) is 0.667. The Morgan fingerprint density at radius 1 is 1.28 bits per heavy atom. The molecule has 2 rings (SSSR count). The minimum absolute atomic E-state index is 0.0221. The molecule has 7 nitrogen and oxygen atoms in total. The Labute approximate surface area is 149 Å². The average molecular weight is 351 g/mol. The lowest BCUT2D eigenvalue weighted by Crippen LogP contribution is -2.42. The van der Waals surface area contributed by atoms with Crippen molar-refractivity contribution in [1.29, 1.82) is 0 Å². The zero-order chi connectivity index (χ0) is 18.1. The maximum atomic E-state index is 12.6. The van der Waals surface area contributed by atoms with Crippen molar-refractivity contribution in [3.05, 3.63) is 23.7 Å². The number of furan rings is 1. The molecule has 1 aliphatic heterocycles. The van der Waals surface area contributed by atoms with Crippen LogP contribution in [-0.2, 0) is 9.53 Å². The van der Waals surface area contributed by atoms with Gasteiger partial charge in [-0.05, 0) is 19.4 Å². The maximum absolute atomic E-state index is 12.6. The van der Waals surface area contributed by atoms with Gasteiger partial charge in [0.05, 0.1) is 25.0 Å². The molecule has 1 saturated heterocycles. The van der Waals surface area contributed by atoms with Crippen LogP contribution >= 0.6 is 0 Å². The van der Waals surface area contributed by atoms with E-state index in [4.69, 9.17) is 9.15 Å². The molecule has 140 valence electrons. The Morgan fingerprint density at radius 3 is 2.68 bits per heavy atom. The summed E-state index contributed by atoms with van der Waals surface area (Å²) in [6.07, 6.45) is 2.68. The summed E-state index contributed by atoms with van der Waals surface area (Å²) in [7, 11) is 0. The molecule has 1 fully saturated rings.